The average Bonchev–Trinajstić information content (AvgIpc) is 2.67. The number of esters is 1. The Labute approximate surface area is 156 Å². The maximum atomic E-state index is 12.9. The minimum absolute atomic E-state index is 0.0283. The molecule has 7 nitrogen and oxygen atoms in total. The minimum Gasteiger partial charge on any atom is -0.508 e. The van der Waals surface area contributed by atoms with Gasteiger partial charge in [0.25, 0.3) is 5.91 Å². The molecule has 1 aliphatic carbocycles. The van der Waals surface area contributed by atoms with Crippen molar-refractivity contribution in [3.8, 4) is 5.75 Å². The van der Waals surface area contributed by atoms with E-state index in [4.69, 9.17) is 4.74 Å². The van der Waals surface area contributed by atoms with Crippen LogP contribution in [0.15, 0.2) is 46.8 Å². The van der Waals surface area contributed by atoms with E-state index in [1.54, 1.807) is 23.1 Å². The summed E-state index contributed by atoms with van der Waals surface area (Å²) in [7, 11) is 1.25. The second-order valence-electron chi connectivity index (χ2n) is 6.79. The molecule has 0 spiro atoms. The summed E-state index contributed by atoms with van der Waals surface area (Å²) >= 11 is 0. The third kappa shape index (κ3) is 2.61. The highest BCUT2D eigenvalue weighted by molar-refractivity contribution is 6.09. The van der Waals surface area contributed by atoms with Gasteiger partial charge in [-0.2, -0.15) is 0 Å². The lowest BCUT2D eigenvalue weighted by Gasteiger charge is -2.43. The molecule has 0 unspecified atom stereocenters. The number of carbonyl (C=O) groups is 3. The van der Waals surface area contributed by atoms with E-state index < -0.39 is 11.9 Å². The minimum atomic E-state index is -0.823. The zero-order chi connectivity index (χ0) is 19.1. The maximum absolute atomic E-state index is 12.9. The number of nitrogens with one attached hydrogen (secondary N) is 1. The molecule has 1 amide bonds. The van der Waals surface area contributed by atoms with Gasteiger partial charge < -0.3 is 20.1 Å². The van der Waals surface area contributed by atoms with Crippen molar-refractivity contribution >= 4 is 17.7 Å². The zero-order valence-corrected chi connectivity index (χ0v) is 14.9. The van der Waals surface area contributed by atoms with Crippen LogP contribution in [0.25, 0.3) is 0 Å². The number of ketones is 1. The van der Waals surface area contributed by atoms with Gasteiger partial charge in [-0.05, 0) is 18.9 Å². The molecule has 0 bridgehead atoms. The van der Waals surface area contributed by atoms with Crippen molar-refractivity contribution in [2.24, 2.45) is 0 Å². The fourth-order valence-corrected chi connectivity index (χ4v) is 4.24. The summed E-state index contributed by atoms with van der Waals surface area (Å²) in [6.45, 7) is 0.921. The Bertz CT molecular complexity index is 915. The first-order valence-corrected chi connectivity index (χ1v) is 8.97. The zero-order valence-electron chi connectivity index (χ0n) is 14.9. The number of ether oxygens (including phenoxy) is 1. The number of carbonyl (C=O) groups excluding carboxylic acids is 3. The van der Waals surface area contributed by atoms with Crippen LogP contribution in [0.1, 0.15) is 30.7 Å². The van der Waals surface area contributed by atoms with Crippen molar-refractivity contribution in [1.29, 1.82) is 0 Å². The Balaban J connectivity index is 2.04. The van der Waals surface area contributed by atoms with Crippen molar-refractivity contribution in [1.82, 2.24) is 10.2 Å². The van der Waals surface area contributed by atoms with Gasteiger partial charge in [-0.3, -0.25) is 9.59 Å². The summed E-state index contributed by atoms with van der Waals surface area (Å²) in [5.74, 6) is -1.95. The number of piperazine rings is 1. The number of para-hydroxylation sites is 1. The Morgan fingerprint density at radius 2 is 2.04 bits per heavy atom. The predicted molar refractivity (Wildman–Crippen MR) is 95.5 cm³/mol. The molecule has 1 aromatic carbocycles. The van der Waals surface area contributed by atoms with Crippen LogP contribution in [-0.2, 0) is 19.1 Å². The lowest BCUT2D eigenvalue weighted by molar-refractivity contribution is -0.137. The molecule has 2 aliphatic heterocycles. The molecule has 27 heavy (non-hydrogen) atoms. The summed E-state index contributed by atoms with van der Waals surface area (Å²) in [6, 6.07) is 6.59. The second kappa shape index (κ2) is 6.57. The quantitative estimate of drug-likeness (QED) is 0.765. The molecule has 0 radical (unpaired) electrons. The molecule has 1 atom stereocenters. The number of aromatic hydroxyl groups is 1. The SMILES string of the molecule is COC(=O)C1=C2C(=O)NCCN2C2=C(C(=O)CCC2)[C@H]1c1ccccc1O. The lowest BCUT2D eigenvalue weighted by atomic mass is 9.73. The Hall–Kier alpha value is -3.09. The third-order valence-corrected chi connectivity index (χ3v) is 5.35. The fourth-order valence-electron chi connectivity index (χ4n) is 4.24. The standard InChI is InChI=1S/C20H20N2O5/c1-27-20(26)17-15(11-5-2-3-7-13(11)23)16-12(6-4-8-14(16)24)22-10-9-21-19(25)18(17)22/h2-3,5,7,15,23H,4,6,8-10H2,1H3,(H,21,25)/t15-/m1/s1. The summed E-state index contributed by atoms with van der Waals surface area (Å²) in [4.78, 5) is 40.1. The van der Waals surface area contributed by atoms with Gasteiger partial charge in [-0.1, -0.05) is 18.2 Å². The lowest BCUT2D eigenvalue weighted by Crippen LogP contribution is -2.50. The first-order valence-electron chi connectivity index (χ1n) is 8.97. The van der Waals surface area contributed by atoms with Gasteiger partial charge >= 0.3 is 5.97 Å². The van der Waals surface area contributed by atoms with E-state index >= 15 is 0 Å². The highest BCUT2D eigenvalue weighted by Crippen LogP contribution is 2.48. The van der Waals surface area contributed by atoms with Gasteiger partial charge in [0.05, 0.1) is 18.6 Å². The van der Waals surface area contributed by atoms with Gasteiger partial charge in [0.2, 0.25) is 0 Å². The third-order valence-electron chi connectivity index (χ3n) is 5.35. The van der Waals surface area contributed by atoms with E-state index in [2.05, 4.69) is 5.32 Å². The molecule has 1 saturated heterocycles. The summed E-state index contributed by atoms with van der Waals surface area (Å²) in [6.07, 6.45) is 1.73. The molecule has 1 aromatic rings. The largest absolute Gasteiger partial charge is 0.508 e. The van der Waals surface area contributed by atoms with E-state index in [1.165, 1.54) is 13.2 Å². The smallest absolute Gasteiger partial charge is 0.337 e. The molecular formula is C20H20N2O5. The van der Waals surface area contributed by atoms with Crippen LogP contribution in [0, 0.1) is 0 Å². The van der Waals surface area contributed by atoms with Crippen molar-refractivity contribution in [3.63, 3.8) is 0 Å². The first kappa shape index (κ1) is 17.3. The fraction of sp³-hybridized carbons (Fsp3) is 0.350. The maximum Gasteiger partial charge on any atom is 0.337 e. The summed E-state index contributed by atoms with van der Waals surface area (Å²) in [5, 5.41) is 13.2. The van der Waals surface area contributed by atoms with E-state index in [0.717, 1.165) is 5.70 Å². The number of fused-ring (bicyclic) bond motifs is 2. The second-order valence-corrected chi connectivity index (χ2v) is 6.79. The molecule has 2 heterocycles. The van der Waals surface area contributed by atoms with Crippen molar-refractivity contribution < 1.29 is 24.2 Å². The van der Waals surface area contributed by atoms with Crippen LogP contribution in [0.4, 0.5) is 0 Å². The highest BCUT2D eigenvalue weighted by Gasteiger charge is 2.46. The highest BCUT2D eigenvalue weighted by atomic mass is 16.5. The average molecular weight is 368 g/mol. The number of amides is 1. The molecule has 7 heteroatoms. The van der Waals surface area contributed by atoms with E-state index in [9.17, 15) is 19.5 Å². The number of rotatable bonds is 2. The number of allylic oxidation sites excluding steroid dienone is 2. The Morgan fingerprint density at radius 1 is 1.26 bits per heavy atom. The van der Waals surface area contributed by atoms with Crippen molar-refractivity contribution in [2.75, 3.05) is 20.2 Å². The number of hydrogen-bond acceptors (Lipinski definition) is 6. The number of nitrogens with zero attached hydrogens (tertiary/aromatic N) is 1. The molecule has 3 aliphatic rings. The molecule has 0 aromatic heterocycles. The van der Waals surface area contributed by atoms with Crippen LogP contribution in [0.5, 0.6) is 5.75 Å². The number of benzene rings is 1. The number of phenolic OH excluding ortho intramolecular Hbond substituents is 1. The van der Waals surface area contributed by atoms with Gasteiger partial charge in [0, 0.05) is 36.3 Å². The van der Waals surface area contributed by atoms with E-state index in [1.807, 2.05) is 0 Å². The van der Waals surface area contributed by atoms with Crippen LogP contribution >= 0.6 is 0 Å². The van der Waals surface area contributed by atoms with Crippen molar-refractivity contribution in [2.45, 2.75) is 25.2 Å². The molecule has 1 fully saturated rings. The molecule has 140 valence electrons. The summed E-state index contributed by atoms with van der Waals surface area (Å²) in [5.41, 5.74) is 2.00. The molecule has 2 N–H and O–H groups in total. The van der Waals surface area contributed by atoms with E-state index in [0.29, 0.717) is 43.5 Å². The Morgan fingerprint density at radius 3 is 2.78 bits per heavy atom. The van der Waals surface area contributed by atoms with Crippen molar-refractivity contribution in [3.05, 3.63) is 52.4 Å². The number of phenols is 1. The van der Waals surface area contributed by atoms with Gasteiger partial charge in [0.15, 0.2) is 5.78 Å². The molecular weight excluding hydrogens is 348 g/mol. The van der Waals surface area contributed by atoms with Crippen LogP contribution in [-0.4, -0.2) is 47.9 Å². The van der Waals surface area contributed by atoms with Gasteiger partial charge in [-0.25, -0.2) is 4.79 Å². The topological polar surface area (TPSA) is 95.9 Å². The number of Topliss-reactive ketones (excluding diaryl/α,β-unsaturated/α-hetero) is 1. The van der Waals surface area contributed by atoms with Crippen LogP contribution < -0.4 is 5.32 Å². The van der Waals surface area contributed by atoms with Gasteiger partial charge in [0.1, 0.15) is 11.4 Å². The normalized spacial score (nSPS) is 22.3. The monoisotopic (exact) mass is 368 g/mol. The van der Waals surface area contributed by atoms with Crippen LogP contribution in [0.3, 0.4) is 0 Å². The molecule has 0 saturated carbocycles. The van der Waals surface area contributed by atoms with Gasteiger partial charge in [-0.15, -0.1) is 0 Å². The van der Waals surface area contributed by atoms with E-state index in [-0.39, 0.29) is 28.7 Å². The molecule has 4 rings (SSSR count). The Kier molecular flexibility index (Phi) is 4.22. The summed E-state index contributed by atoms with van der Waals surface area (Å²) < 4.78 is 4.97. The first-order chi connectivity index (χ1) is 13.0. The van der Waals surface area contributed by atoms with Crippen LogP contribution in [0.2, 0.25) is 0 Å². The number of methoxy groups -OCH3 is 1. The predicted octanol–water partition coefficient (Wildman–Crippen LogP) is 1.36. The number of hydrogen-bond donors (Lipinski definition) is 2.